The highest BCUT2D eigenvalue weighted by Crippen LogP contribution is 2.65. The van der Waals surface area contributed by atoms with E-state index in [2.05, 4.69) is 20.8 Å². The summed E-state index contributed by atoms with van der Waals surface area (Å²) in [5.41, 5.74) is 0.989. The maximum Gasteiger partial charge on any atom is 0.494 e. The number of benzene rings is 1. The van der Waals surface area contributed by atoms with Crippen LogP contribution in [0.5, 0.6) is 0 Å². The van der Waals surface area contributed by atoms with E-state index in [9.17, 15) is 4.79 Å². The molecule has 26 heavy (non-hydrogen) atoms. The molecule has 0 radical (unpaired) electrons. The summed E-state index contributed by atoms with van der Waals surface area (Å²) in [6.07, 6.45) is 2.42. The van der Waals surface area contributed by atoms with E-state index in [-0.39, 0.29) is 17.7 Å². The van der Waals surface area contributed by atoms with Crippen LogP contribution < -0.4 is 5.46 Å². The molecule has 5 heteroatoms. The highest BCUT2D eigenvalue weighted by molar-refractivity contribution is 6.62. The second kappa shape index (κ2) is 5.59. The lowest BCUT2D eigenvalue weighted by Gasteiger charge is -2.64. The van der Waals surface area contributed by atoms with Crippen molar-refractivity contribution in [3.05, 3.63) is 29.8 Å². The molecule has 0 amide bonds. The van der Waals surface area contributed by atoms with Gasteiger partial charge in [0.1, 0.15) is 5.60 Å². The summed E-state index contributed by atoms with van der Waals surface area (Å²) in [6.45, 7) is 12.5. The van der Waals surface area contributed by atoms with Crippen LogP contribution in [0.25, 0.3) is 0 Å². The van der Waals surface area contributed by atoms with Gasteiger partial charge in [-0.1, -0.05) is 26.0 Å². The Kier molecular flexibility index (Phi) is 3.88. The summed E-state index contributed by atoms with van der Waals surface area (Å²) < 4.78 is 18.3. The normalized spacial score (nSPS) is 34.8. The molecular formula is C21H29BO4. The quantitative estimate of drug-likeness (QED) is 0.600. The van der Waals surface area contributed by atoms with E-state index in [0.29, 0.717) is 16.9 Å². The first-order valence-corrected chi connectivity index (χ1v) is 9.67. The van der Waals surface area contributed by atoms with Gasteiger partial charge in [-0.25, -0.2) is 4.79 Å². The zero-order valence-electron chi connectivity index (χ0n) is 16.7. The fourth-order valence-corrected chi connectivity index (χ4v) is 5.16. The van der Waals surface area contributed by atoms with E-state index in [1.54, 1.807) is 6.07 Å². The van der Waals surface area contributed by atoms with Crippen molar-refractivity contribution < 1.29 is 18.8 Å². The Morgan fingerprint density at radius 2 is 1.96 bits per heavy atom. The highest BCUT2D eigenvalue weighted by atomic mass is 16.7. The highest BCUT2D eigenvalue weighted by Gasteiger charge is 2.67. The molecule has 3 aliphatic carbocycles. The third kappa shape index (κ3) is 2.71. The fraction of sp³-hybridized carbons (Fsp3) is 0.667. The minimum atomic E-state index is -0.511. The average Bonchev–Trinajstić information content (AvgIpc) is 2.90. The van der Waals surface area contributed by atoms with Gasteiger partial charge in [-0.2, -0.15) is 0 Å². The molecule has 140 valence electrons. The first-order valence-electron chi connectivity index (χ1n) is 9.67. The molecule has 1 heterocycles. The van der Waals surface area contributed by atoms with Crippen LogP contribution in [-0.4, -0.2) is 30.4 Å². The molecule has 1 aliphatic heterocycles. The Bertz CT molecular complexity index is 738. The number of esters is 1. The second-order valence-corrected chi connectivity index (χ2v) is 9.93. The summed E-state index contributed by atoms with van der Waals surface area (Å²) in [4.78, 5) is 12.4. The Labute approximate surface area is 156 Å². The lowest BCUT2D eigenvalue weighted by molar-refractivity contribution is -0.199. The van der Waals surface area contributed by atoms with Gasteiger partial charge >= 0.3 is 13.1 Å². The number of hydrogen-bond acceptors (Lipinski definition) is 4. The lowest BCUT2D eigenvalue weighted by Crippen LogP contribution is -2.65. The number of ether oxygens (including phenoxy) is 1. The molecule has 0 aromatic heterocycles. The largest absolute Gasteiger partial charge is 0.494 e. The van der Waals surface area contributed by atoms with Crippen molar-refractivity contribution >= 4 is 18.6 Å². The summed E-state index contributed by atoms with van der Waals surface area (Å²) in [5, 5.41) is 0. The number of hydrogen-bond donors (Lipinski definition) is 0. The van der Waals surface area contributed by atoms with Crippen LogP contribution in [0.1, 0.15) is 64.7 Å². The van der Waals surface area contributed by atoms with Crippen molar-refractivity contribution in [3.63, 3.8) is 0 Å². The zero-order valence-corrected chi connectivity index (χ0v) is 16.7. The molecular weight excluding hydrogens is 327 g/mol. The molecule has 1 saturated heterocycles. The van der Waals surface area contributed by atoms with Crippen molar-refractivity contribution in [2.24, 2.45) is 17.3 Å². The van der Waals surface area contributed by atoms with Crippen molar-refractivity contribution in [1.29, 1.82) is 0 Å². The van der Waals surface area contributed by atoms with Crippen LogP contribution in [-0.2, 0) is 14.0 Å². The van der Waals surface area contributed by atoms with Gasteiger partial charge in [0, 0.05) is 0 Å². The third-order valence-electron chi connectivity index (χ3n) is 6.74. The van der Waals surface area contributed by atoms with Gasteiger partial charge in [0.15, 0.2) is 0 Å². The van der Waals surface area contributed by atoms with Gasteiger partial charge in [0.2, 0.25) is 0 Å². The van der Waals surface area contributed by atoms with Crippen LogP contribution in [0.2, 0.25) is 0 Å². The first kappa shape index (κ1) is 18.1. The van der Waals surface area contributed by atoms with Crippen molar-refractivity contribution in [1.82, 2.24) is 0 Å². The lowest BCUT2D eigenvalue weighted by atomic mass is 9.43. The fourth-order valence-electron chi connectivity index (χ4n) is 5.16. The van der Waals surface area contributed by atoms with Gasteiger partial charge in [-0.3, -0.25) is 0 Å². The van der Waals surface area contributed by atoms with Gasteiger partial charge in [-0.15, -0.1) is 0 Å². The molecule has 4 aliphatic rings. The minimum absolute atomic E-state index is 0.134. The van der Waals surface area contributed by atoms with Crippen LogP contribution in [0.15, 0.2) is 24.3 Å². The second-order valence-electron chi connectivity index (χ2n) is 9.93. The molecule has 4 atom stereocenters. The summed E-state index contributed by atoms with van der Waals surface area (Å²) in [5.74, 6) is 0.933. The van der Waals surface area contributed by atoms with E-state index < -0.39 is 12.7 Å². The van der Waals surface area contributed by atoms with Crippen LogP contribution in [0.3, 0.4) is 0 Å². The maximum atomic E-state index is 12.4. The van der Waals surface area contributed by atoms with Crippen molar-refractivity contribution in [2.75, 3.05) is 0 Å². The van der Waals surface area contributed by atoms with Crippen LogP contribution in [0.4, 0.5) is 0 Å². The molecule has 0 N–H and O–H groups in total. The molecule has 0 spiro atoms. The molecule has 1 aromatic carbocycles. The average molecular weight is 356 g/mol. The van der Waals surface area contributed by atoms with E-state index in [1.165, 1.54) is 6.42 Å². The molecule has 4 nitrogen and oxygen atoms in total. The van der Waals surface area contributed by atoms with E-state index in [4.69, 9.17) is 14.0 Å². The number of carbonyl (C=O) groups is 1. The molecule has 5 rings (SSSR count). The zero-order chi connectivity index (χ0) is 18.9. The number of carbonyl (C=O) groups excluding carboxylic acids is 1. The van der Waals surface area contributed by atoms with Gasteiger partial charge in [0.25, 0.3) is 0 Å². The molecule has 1 aromatic rings. The Hall–Kier alpha value is -1.33. The summed E-state index contributed by atoms with van der Waals surface area (Å²) >= 11 is 0. The molecule has 0 unspecified atom stereocenters. The summed E-state index contributed by atoms with van der Waals surface area (Å²) in [7, 11) is -0.414. The monoisotopic (exact) mass is 356 g/mol. The van der Waals surface area contributed by atoms with E-state index >= 15 is 0 Å². The minimum Gasteiger partial charge on any atom is -0.456 e. The maximum absolute atomic E-state index is 12.4. The smallest absolute Gasteiger partial charge is 0.456 e. The van der Waals surface area contributed by atoms with Crippen molar-refractivity contribution in [2.45, 2.75) is 71.7 Å². The standard InChI is InChI=1S/C21H29BO4/c1-19(2,3)24-18(23)13-8-7-9-15(10-13)22-25-17-12-14-11-16(20(14,4)5)21(17,6)26-22/h7-10,14,16-17H,11-12H2,1-6H3/t14-,16-,17+,21-/m0/s1. The van der Waals surface area contributed by atoms with E-state index in [0.717, 1.165) is 17.8 Å². The number of rotatable bonds is 2. The van der Waals surface area contributed by atoms with Gasteiger partial charge in [0.05, 0.1) is 17.3 Å². The van der Waals surface area contributed by atoms with E-state index in [1.807, 2.05) is 39.0 Å². The predicted molar refractivity (Wildman–Crippen MR) is 101 cm³/mol. The first-order chi connectivity index (χ1) is 12.0. The molecule has 3 saturated carbocycles. The van der Waals surface area contributed by atoms with Crippen LogP contribution in [0, 0.1) is 17.3 Å². The van der Waals surface area contributed by atoms with Gasteiger partial charge in [-0.05, 0) is 75.4 Å². The predicted octanol–water partition coefficient (Wildman–Crippen LogP) is 3.58. The van der Waals surface area contributed by atoms with Crippen LogP contribution >= 0.6 is 0 Å². The molecule has 4 fully saturated rings. The Morgan fingerprint density at radius 1 is 1.23 bits per heavy atom. The topological polar surface area (TPSA) is 44.8 Å². The SMILES string of the molecule is CC(C)(C)OC(=O)c1cccc(B2O[C@@H]3C[C@@H]4C[C@@H](C4(C)C)[C@]3(C)O2)c1. The Morgan fingerprint density at radius 3 is 2.62 bits per heavy atom. The van der Waals surface area contributed by atoms with Gasteiger partial charge < -0.3 is 14.0 Å². The molecule has 2 bridgehead atoms. The third-order valence-corrected chi connectivity index (χ3v) is 6.74. The summed E-state index contributed by atoms with van der Waals surface area (Å²) in [6, 6.07) is 7.46. The Balaban J connectivity index is 1.55. The van der Waals surface area contributed by atoms with Crippen molar-refractivity contribution in [3.8, 4) is 0 Å².